The van der Waals surface area contributed by atoms with Crippen LogP contribution in [0, 0.1) is 0 Å². The van der Waals surface area contributed by atoms with Crippen LogP contribution in [0.2, 0.25) is 0 Å². The van der Waals surface area contributed by atoms with E-state index < -0.39 is 23.8 Å². The number of carbonyl (C=O) groups is 3. The molecule has 0 radical (unpaired) electrons. The number of hydrogen-bond acceptors (Lipinski definition) is 5. The number of nitrogens with one attached hydrogen (secondary N) is 2. The maximum Gasteiger partial charge on any atom is 0.408 e. The summed E-state index contributed by atoms with van der Waals surface area (Å²) in [6.45, 7) is 13.1. The molecule has 0 aliphatic carbocycles. The number of hydrogen-bond donors (Lipinski definition) is 3. The molecule has 0 fully saturated rings. The quantitative estimate of drug-likeness (QED) is 0.334. The van der Waals surface area contributed by atoms with Crippen molar-refractivity contribution in [2.45, 2.75) is 111 Å². The number of unbranched alkanes of at least 4 members (excludes halogenated alkanes) is 5. The maximum atomic E-state index is 13.6. The van der Waals surface area contributed by atoms with Gasteiger partial charge in [0.1, 0.15) is 23.4 Å². The number of amides is 3. The summed E-state index contributed by atoms with van der Waals surface area (Å²) >= 11 is 0. The van der Waals surface area contributed by atoms with Gasteiger partial charge in [-0.15, -0.1) is 0 Å². The van der Waals surface area contributed by atoms with Crippen LogP contribution in [0.5, 0.6) is 5.75 Å². The predicted octanol–water partition coefficient (Wildman–Crippen LogP) is 5.06. The molecule has 8 nitrogen and oxygen atoms in total. The highest BCUT2D eigenvalue weighted by Gasteiger charge is 2.34. The van der Waals surface area contributed by atoms with Crippen molar-refractivity contribution in [3.63, 3.8) is 0 Å². The van der Waals surface area contributed by atoms with E-state index in [1.165, 1.54) is 23.5 Å². The van der Waals surface area contributed by atoms with Crippen LogP contribution in [-0.2, 0) is 14.3 Å². The van der Waals surface area contributed by atoms with Gasteiger partial charge in [-0.3, -0.25) is 9.59 Å². The predicted molar refractivity (Wildman–Crippen MR) is 138 cm³/mol. The Kier molecular flexibility index (Phi) is 12.6. The summed E-state index contributed by atoms with van der Waals surface area (Å²) in [6, 6.07) is 4.38. The van der Waals surface area contributed by atoms with Gasteiger partial charge in [-0.25, -0.2) is 4.79 Å². The van der Waals surface area contributed by atoms with Crippen LogP contribution in [0.15, 0.2) is 24.3 Å². The molecule has 0 spiro atoms. The fraction of sp³-hybridized carbons (Fsp3) is 0.667. The van der Waals surface area contributed by atoms with E-state index in [-0.39, 0.29) is 23.6 Å². The van der Waals surface area contributed by atoms with E-state index in [9.17, 15) is 19.5 Å². The van der Waals surface area contributed by atoms with Gasteiger partial charge in [-0.1, -0.05) is 51.2 Å². The summed E-state index contributed by atoms with van der Waals surface area (Å²) in [7, 11) is 0. The van der Waals surface area contributed by atoms with E-state index >= 15 is 0 Å². The minimum Gasteiger partial charge on any atom is -0.508 e. The second kappa shape index (κ2) is 14.6. The van der Waals surface area contributed by atoms with Crippen molar-refractivity contribution in [3.8, 4) is 5.75 Å². The molecular formula is C27H45N3O5. The number of phenolic OH excluding ortho intramolecular Hbond substituents is 1. The van der Waals surface area contributed by atoms with Gasteiger partial charge in [0.05, 0.1) is 0 Å². The number of phenols is 1. The minimum atomic E-state index is -0.899. The molecule has 1 rings (SSSR count). The smallest absolute Gasteiger partial charge is 0.408 e. The Morgan fingerprint density at radius 3 is 2.06 bits per heavy atom. The number of benzene rings is 1. The Labute approximate surface area is 210 Å². The summed E-state index contributed by atoms with van der Waals surface area (Å²) in [5, 5.41) is 15.3. The van der Waals surface area contributed by atoms with Crippen molar-refractivity contribution < 1.29 is 24.2 Å². The monoisotopic (exact) mass is 491 g/mol. The molecule has 0 saturated carbocycles. The molecule has 1 aromatic rings. The standard InChI is InChI=1S/C27H45N3O5/c1-8-9-10-11-12-13-18-30(25(33)20(4)29-26(34)35-27(5,6)7)23(24(32)28-19(2)3)21-14-16-22(31)17-15-21/h14-17,19-20,23,31H,8-13,18H2,1-7H3,(H,28,32)(H,29,34). The average Bonchev–Trinajstić information content (AvgIpc) is 2.73. The van der Waals surface area contributed by atoms with Gasteiger partial charge in [-0.05, 0) is 65.7 Å². The molecule has 35 heavy (non-hydrogen) atoms. The van der Waals surface area contributed by atoms with Crippen molar-refractivity contribution in [1.82, 2.24) is 15.5 Å². The molecule has 0 bridgehead atoms. The number of alkyl carbamates (subject to hydrolysis) is 1. The number of carbonyl (C=O) groups excluding carboxylic acids is 3. The van der Waals surface area contributed by atoms with Crippen molar-refractivity contribution in [2.75, 3.05) is 6.54 Å². The zero-order valence-electron chi connectivity index (χ0n) is 22.5. The third kappa shape index (κ3) is 11.5. The van der Waals surface area contributed by atoms with Crippen LogP contribution < -0.4 is 10.6 Å². The van der Waals surface area contributed by atoms with Gasteiger partial charge < -0.3 is 25.4 Å². The number of rotatable bonds is 13. The van der Waals surface area contributed by atoms with Crippen LogP contribution in [0.3, 0.4) is 0 Å². The van der Waals surface area contributed by atoms with Gasteiger partial charge >= 0.3 is 6.09 Å². The number of aromatic hydroxyl groups is 1. The number of nitrogens with zero attached hydrogens (tertiary/aromatic N) is 1. The molecule has 1 aromatic carbocycles. The third-order valence-corrected chi connectivity index (χ3v) is 5.34. The van der Waals surface area contributed by atoms with Crippen molar-refractivity contribution in [3.05, 3.63) is 29.8 Å². The van der Waals surface area contributed by atoms with Crippen LogP contribution in [0.4, 0.5) is 4.79 Å². The van der Waals surface area contributed by atoms with E-state index in [0.717, 1.165) is 32.1 Å². The number of ether oxygens (including phenoxy) is 1. The summed E-state index contributed by atoms with van der Waals surface area (Å²) in [5.74, 6) is -0.610. The first-order valence-corrected chi connectivity index (χ1v) is 12.7. The second-order valence-corrected chi connectivity index (χ2v) is 10.3. The molecule has 8 heteroatoms. The minimum absolute atomic E-state index is 0.0746. The lowest BCUT2D eigenvalue weighted by molar-refractivity contribution is -0.142. The van der Waals surface area contributed by atoms with Crippen molar-refractivity contribution in [1.29, 1.82) is 0 Å². The van der Waals surface area contributed by atoms with E-state index in [4.69, 9.17) is 4.74 Å². The molecule has 0 heterocycles. The average molecular weight is 492 g/mol. The van der Waals surface area contributed by atoms with Crippen LogP contribution in [0.25, 0.3) is 0 Å². The Balaban J connectivity index is 3.20. The first-order valence-electron chi connectivity index (χ1n) is 12.7. The van der Waals surface area contributed by atoms with E-state index in [2.05, 4.69) is 17.6 Å². The van der Waals surface area contributed by atoms with Gasteiger partial charge in [0.2, 0.25) is 11.8 Å². The Morgan fingerprint density at radius 1 is 0.943 bits per heavy atom. The highest BCUT2D eigenvalue weighted by atomic mass is 16.6. The molecule has 2 unspecified atom stereocenters. The summed E-state index contributed by atoms with van der Waals surface area (Å²) in [4.78, 5) is 40.8. The Bertz CT molecular complexity index is 802. The van der Waals surface area contributed by atoms with Gasteiger partial charge in [-0.2, -0.15) is 0 Å². The van der Waals surface area contributed by atoms with Crippen LogP contribution in [-0.4, -0.2) is 52.1 Å². The molecular weight excluding hydrogens is 446 g/mol. The zero-order chi connectivity index (χ0) is 26.6. The fourth-order valence-electron chi connectivity index (χ4n) is 3.72. The Hall–Kier alpha value is -2.77. The van der Waals surface area contributed by atoms with Gasteiger partial charge in [0.15, 0.2) is 0 Å². The maximum absolute atomic E-state index is 13.6. The topological polar surface area (TPSA) is 108 Å². The van der Waals surface area contributed by atoms with Gasteiger partial charge in [0.25, 0.3) is 0 Å². The second-order valence-electron chi connectivity index (χ2n) is 10.3. The Morgan fingerprint density at radius 2 is 1.51 bits per heavy atom. The van der Waals surface area contributed by atoms with E-state index in [1.54, 1.807) is 39.8 Å². The molecule has 3 amide bonds. The van der Waals surface area contributed by atoms with E-state index in [0.29, 0.717) is 12.1 Å². The lowest BCUT2D eigenvalue weighted by Crippen LogP contribution is -2.52. The highest BCUT2D eigenvalue weighted by molar-refractivity contribution is 5.92. The van der Waals surface area contributed by atoms with E-state index in [1.807, 2.05) is 13.8 Å². The third-order valence-electron chi connectivity index (χ3n) is 5.34. The summed E-state index contributed by atoms with van der Waals surface area (Å²) < 4.78 is 5.30. The first-order chi connectivity index (χ1) is 16.4. The lowest BCUT2D eigenvalue weighted by Gasteiger charge is -2.34. The molecule has 0 aliphatic rings. The molecule has 3 N–H and O–H groups in total. The molecule has 198 valence electrons. The molecule has 2 atom stereocenters. The van der Waals surface area contributed by atoms with Crippen molar-refractivity contribution in [2.24, 2.45) is 0 Å². The molecule has 0 saturated heterocycles. The SMILES string of the molecule is CCCCCCCCN(C(=O)C(C)NC(=O)OC(C)(C)C)C(C(=O)NC(C)C)c1ccc(O)cc1. The summed E-state index contributed by atoms with van der Waals surface area (Å²) in [6.07, 6.45) is 5.50. The largest absolute Gasteiger partial charge is 0.508 e. The van der Waals surface area contributed by atoms with Crippen LogP contribution in [0.1, 0.15) is 98.6 Å². The lowest BCUT2D eigenvalue weighted by atomic mass is 10.0. The van der Waals surface area contributed by atoms with Crippen LogP contribution >= 0.6 is 0 Å². The van der Waals surface area contributed by atoms with Crippen molar-refractivity contribution >= 4 is 17.9 Å². The summed E-state index contributed by atoms with van der Waals surface area (Å²) in [5.41, 5.74) is -0.110. The highest BCUT2D eigenvalue weighted by Crippen LogP contribution is 2.25. The molecule has 0 aliphatic heterocycles. The van der Waals surface area contributed by atoms with Gasteiger partial charge in [0, 0.05) is 12.6 Å². The first kappa shape index (κ1) is 30.3. The molecule has 0 aromatic heterocycles. The fourth-order valence-corrected chi connectivity index (χ4v) is 3.72. The zero-order valence-corrected chi connectivity index (χ0v) is 22.5. The normalized spacial score (nSPS) is 13.1.